The van der Waals surface area contributed by atoms with Gasteiger partial charge in [0, 0.05) is 11.1 Å². The lowest BCUT2D eigenvalue weighted by Crippen LogP contribution is -2.30. The van der Waals surface area contributed by atoms with E-state index in [9.17, 15) is 4.39 Å². The van der Waals surface area contributed by atoms with Gasteiger partial charge in [-0.3, -0.25) is 0 Å². The first-order chi connectivity index (χ1) is 9.19. The second-order valence-corrected chi connectivity index (χ2v) is 6.02. The van der Waals surface area contributed by atoms with Crippen molar-refractivity contribution in [1.82, 2.24) is 5.32 Å². The summed E-state index contributed by atoms with van der Waals surface area (Å²) < 4.78 is 13.8. The Morgan fingerprint density at radius 3 is 2.89 bits per heavy atom. The van der Waals surface area contributed by atoms with Crippen LogP contribution in [-0.4, -0.2) is 12.6 Å². The third kappa shape index (κ3) is 4.47. The van der Waals surface area contributed by atoms with Crippen molar-refractivity contribution in [3.63, 3.8) is 0 Å². The Labute approximate surface area is 120 Å². The maximum Gasteiger partial charge on any atom is 0.126 e. The molecule has 0 heterocycles. The fourth-order valence-electron chi connectivity index (χ4n) is 3.13. The van der Waals surface area contributed by atoms with Gasteiger partial charge in [-0.25, -0.2) is 4.39 Å². The molecule has 1 nitrogen and oxygen atoms in total. The van der Waals surface area contributed by atoms with E-state index in [0.29, 0.717) is 17.0 Å². The monoisotopic (exact) mass is 283 g/mol. The number of nitrogens with one attached hydrogen (secondary N) is 1. The number of halogens is 2. The highest BCUT2D eigenvalue weighted by Crippen LogP contribution is 2.28. The molecule has 0 bridgehead atoms. The summed E-state index contributed by atoms with van der Waals surface area (Å²) in [6, 6.07) is 5.48. The van der Waals surface area contributed by atoms with E-state index < -0.39 is 0 Å². The summed E-state index contributed by atoms with van der Waals surface area (Å²) in [7, 11) is 0. The van der Waals surface area contributed by atoms with Crippen LogP contribution in [0, 0.1) is 11.7 Å². The van der Waals surface area contributed by atoms with E-state index in [0.717, 1.165) is 24.9 Å². The Morgan fingerprint density at radius 2 is 2.11 bits per heavy atom. The molecule has 0 saturated heterocycles. The highest BCUT2D eigenvalue weighted by atomic mass is 35.5. The van der Waals surface area contributed by atoms with Gasteiger partial charge < -0.3 is 5.32 Å². The van der Waals surface area contributed by atoms with Gasteiger partial charge in [0.1, 0.15) is 5.82 Å². The van der Waals surface area contributed by atoms with Crippen LogP contribution in [0.5, 0.6) is 0 Å². The smallest absolute Gasteiger partial charge is 0.126 e. The molecule has 0 aromatic heterocycles. The van der Waals surface area contributed by atoms with Gasteiger partial charge in [0.15, 0.2) is 0 Å². The van der Waals surface area contributed by atoms with E-state index in [1.807, 2.05) is 0 Å². The van der Waals surface area contributed by atoms with E-state index in [2.05, 4.69) is 12.2 Å². The van der Waals surface area contributed by atoms with Crippen molar-refractivity contribution in [2.24, 2.45) is 5.92 Å². The fraction of sp³-hybridized carbons (Fsp3) is 0.625. The van der Waals surface area contributed by atoms with Crippen LogP contribution in [0.25, 0.3) is 0 Å². The maximum atomic E-state index is 13.8. The van der Waals surface area contributed by atoms with E-state index in [-0.39, 0.29) is 5.82 Å². The molecule has 1 aromatic carbocycles. The summed E-state index contributed by atoms with van der Waals surface area (Å²) in [6.45, 7) is 3.17. The van der Waals surface area contributed by atoms with Gasteiger partial charge in [-0.05, 0) is 55.5 Å². The molecule has 1 aliphatic carbocycles. The molecule has 1 aromatic rings. The molecule has 1 N–H and O–H groups in total. The molecule has 2 rings (SSSR count). The van der Waals surface area contributed by atoms with Gasteiger partial charge in [0.2, 0.25) is 0 Å². The number of hydrogen-bond acceptors (Lipinski definition) is 1. The first kappa shape index (κ1) is 14.8. The summed E-state index contributed by atoms with van der Waals surface area (Å²) >= 11 is 5.97. The molecule has 0 amide bonds. The summed E-state index contributed by atoms with van der Waals surface area (Å²) in [5, 5.41) is 4.18. The van der Waals surface area contributed by atoms with E-state index in [1.54, 1.807) is 12.1 Å². The largest absolute Gasteiger partial charge is 0.314 e. The molecule has 3 heteroatoms. The number of rotatable bonds is 4. The van der Waals surface area contributed by atoms with Crippen LogP contribution in [0.3, 0.4) is 0 Å². The van der Waals surface area contributed by atoms with Crippen molar-refractivity contribution in [1.29, 1.82) is 0 Å². The Morgan fingerprint density at radius 1 is 1.32 bits per heavy atom. The number of hydrogen-bond donors (Lipinski definition) is 1. The maximum absolute atomic E-state index is 13.8. The third-order valence-electron chi connectivity index (χ3n) is 4.04. The van der Waals surface area contributed by atoms with Gasteiger partial charge in [-0.15, -0.1) is 0 Å². The van der Waals surface area contributed by atoms with Gasteiger partial charge in [0.25, 0.3) is 0 Å². The van der Waals surface area contributed by atoms with Crippen molar-refractivity contribution >= 4 is 11.6 Å². The minimum absolute atomic E-state index is 0.117. The van der Waals surface area contributed by atoms with Crippen LogP contribution < -0.4 is 5.32 Å². The van der Waals surface area contributed by atoms with Gasteiger partial charge in [0.05, 0.1) is 0 Å². The fourth-order valence-corrected chi connectivity index (χ4v) is 3.33. The van der Waals surface area contributed by atoms with Crippen molar-refractivity contribution in [2.75, 3.05) is 6.54 Å². The Kier molecular flexibility index (Phi) is 5.65. The molecular weight excluding hydrogens is 261 g/mol. The van der Waals surface area contributed by atoms with Gasteiger partial charge in [-0.2, -0.15) is 0 Å². The molecule has 1 saturated carbocycles. The molecule has 106 valence electrons. The highest BCUT2D eigenvalue weighted by Gasteiger charge is 2.20. The number of benzene rings is 1. The zero-order valence-electron chi connectivity index (χ0n) is 11.6. The topological polar surface area (TPSA) is 12.0 Å². The van der Waals surface area contributed by atoms with Gasteiger partial charge in [-0.1, -0.05) is 37.8 Å². The summed E-state index contributed by atoms with van der Waals surface area (Å²) in [6.07, 6.45) is 6.96. The lowest BCUT2D eigenvalue weighted by atomic mass is 9.91. The average Bonchev–Trinajstić information content (AvgIpc) is 2.60. The predicted octanol–water partition coefficient (Wildman–Crippen LogP) is 4.58. The summed E-state index contributed by atoms with van der Waals surface area (Å²) in [5.74, 6) is 0.452. The Bertz CT molecular complexity index is 408. The van der Waals surface area contributed by atoms with Crippen molar-refractivity contribution in [3.05, 3.63) is 34.6 Å². The highest BCUT2D eigenvalue weighted by molar-refractivity contribution is 6.30. The molecule has 2 atom stereocenters. The first-order valence-electron chi connectivity index (χ1n) is 7.36. The van der Waals surface area contributed by atoms with Crippen molar-refractivity contribution in [3.8, 4) is 0 Å². The SMILES string of the molecule is CCNC1CCCCC(Cc2cc(Cl)ccc2F)C1. The molecule has 2 unspecified atom stereocenters. The zero-order valence-corrected chi connectivity index (χ0v) is 12.3. The minimum atomic E-state index is -0.117. The quantitative estimate of drug-likeness (QED) is 0.798. The Hall–Kier alpha value is -0.600. The second kappa shape index (κ2) is 7.25. The minimum Gasteiger partial charge on any atom is -0.314 e. The molecular formula is C16H23ClFN. The van der Waals surface area contributed by atoms with Crippen molar-refractivity contribution in [2.45, 2.75) is 51.5 Å². The van der Waals surface area contributed by atoms with Crippen LogP contribution in [0.2, 0.25) is 5.02 Å². The molecule has 0 aliphatic heterocycles. The Balaban J connectivity index is 2.02. The second-order valence-electron chi connectivity index (χ2n) is 5.58. The third-order valence-corrected chi connectivity index (χ3v) is 4.28. The average molecular weight is 284 g/mol. The van der Waals surface area contributed by atoms with Crippen LogP contribution in [0.15, 0.2) is 18.2 Å². The molecule has 0 radical (unpaired) electrons. The predicted molar refractivity (Wildman–Crippen MR) is 79.2 cm³/mol. The standard InChI is InChI=1S/C16H23ClFN/c1-2-19-15-6-4-3-5-12(10-15)9-13-11-14(17)7-8-16(13)18/h7-8,11-12,15,19H,2-6,9-10H2,1H3. The van der Waals surface area contributed by atoms with Crippen LogP contribution in [-0.2, 0) is 6.42 Å². The molecule has 1 fully saturated rings. The summed E-state index contributed by atoms with van der Waals surface area (Å²) in [5.41, 5.74) is 0.773. The zero-order chi connectivity index (χ0) is 13.7. The molecule has 19 heavy (non-hydrogen) atoms. The van der Waals surface area contributed by atoms with Crippen LogP contribution in [0.1, 0.15) is 44.6 Å². The van der Waals surface area contributed by atoms with Crippen LogP contribution in [0.4, 0.5) is 4.39 Å². The van der Waals surface area contributed by atoms with E-state index >= 15 is 0 Å². The summed E-state index contributed by atoms with van der Waals surface area (Å²) in [4.78, 5) is 0. The lowest BCUT2D eigenvalue weighted by molar-refractivity contribution is 0.385. The van der Waals surface area contributed by atoms with Gasteiger partial charge >= 0.3 is 0 Å². The van der Waals surface area contributed by atoms with Crippen LogP contribution >= 0.6 is 11.6 Å². The normalized spacial score (nSPS) is 24.2. The first-order valence-corrected chi connectivity index (χ1v) is 7.74. The molecule has 1 aliphatic rings. The van der Waals surface area contributed by atoms with Crippen molar-refractivity contribution < 1.29 is 4.39 Å². The lowest BCUT2D eigenvalue weighted by Gasteiger charge is -2.21. The van der Waals surface area contributed by atoms with E-state index in [4.69, 9.17) is 11.6 Å². The molecule has 0 spiro atoms. The van der Waals surface area contributed by atoms with E-state index in [1.165, 1.54) is 31.7 Å².